The molecule has 1 saturated heterocycles. The summed E-state index contributed by atoms with van der Waals surface area (Å²) in [5.74, 6) is -2.00. The molecule has 4 aromatic rings. The molecule has 2 aromatic heterocycles. The van der Waals surface area contributed by atoms with Crippen molar-refractivity contribution in [3.05, 3.63) is 104 Å². The number of halogens is 3. The standard InChI is InChI=1S/C28H22ClF2N5O3/c1-34-21-11-10-20(14-32)33-24(21)26(23(29)27(34)37)35-12-13-36(22(15-35)28(38)39)25(16-2-6-18(30)7-3-16)17-4-8-19(31)9-5-17/h2-11,22,25H,12-13,15H2,1H3,(H,38,39). The van der Waals surface area contributed by atoms with E-state index in [1.807, 2.05) is 6.07 Å². The van der Waals surface area contributed by atoms with Crippen LogP contribution in [0.3, 0.4) is 0 Å². The van der Waals surface area contributed by atoms with Gasteiger partial charge in [0.05, 0.1) is 17.2 Å². The summed E-state index contributed by atoms with van der Waals surface area (Å²) in [4.78, 5) is 33.4. The number of carboxylic acid groups (broad SMARTS) is 1. The van der Waals surface area contributed by atoms with E-state index in [1.165, 1.54) is 34.9 Å². The molecule has 1 fully saturated rings. The number of carboxylic acids is 1. The summed E-state index contributed by atoms with van der Waals surface area (Å²) in [6.45, 7) is 0.416. The number of nitriles is 1. The van der Waals surface area contributed by atoms with Gasteiger partial charge in [-0.1, -0.05) is 35.9 Å². The number of hydrogen-bond donors (Lipinski definition) is 1. The summed E-state index contributed by atoms with van der Waals surface area (Å²) in [5, 5.41) is 19.6. The first-order valence-electron chi connectivity index (χ1n) is 12.0. The molecule has 0 spiro atoms. The van der Waals surface area contributed by atoms with Gasteiger partial charge in [-0.15, -0.1) is 0 Å². The van der Waals surface area contributed by atoms with E-state index >= 15 is 0 Å². The molecule has 198 valence electrons. The van der Waals surface area contributed by atoms with Gasteiger partial charge in [0.25, 0.3) is 5.56 Å². The first-order chi connectivity index (χ1) is 18.7. The fourth-order valence-electron chi connectivity index (χ4n) is 5.10. The van der Waals surface area contributed by atoms with Crippen LogP contribution in [0.15, 0.2) is 65.5 Å². The molecule has 0 radical (unpaired) electrons. The number of fused-ring (bicyclic) bond motifs is 1. The monoisotopic (exact) mass is 549 g/mol. The van der Waals surface area contributed by atoms with E-state index in [9.17, 15) is 28.7 Å². The molecule has 5 rings (SSSR count). The molecule has 1 aliphatic heterocycles. The molecule has 0 aliphatic carbocycles. The highest BCUT2D eigenvalue weighted by Gasteiger charge is 2.39. The van der Waals surface area contributed by atoms with Gasteiger partial charge in [0.2, 0.25) is 0 Å². The Morgan fingerprint density at radius 1 is 1.05 bits per heavy atom. The summed E-state index contributed by atoms with van der Waals surface area (Å²) in [6, 6.07) is 14.9. The number of hydrogen-bond acceptors (Lipinski definition) is 6. The molecule has 1 atom stereocenters. The number of aryl methyl sites for hydroxylation is 1. The number of pyridine rings is 2. The van der Waals surface area contributed by atoms with Gasteiger partial charge in [-0.3, -0.25) is 14.5 Å². The Kier molecular flexibility index (Phi) is 7.04. The Balaban J connectivity index is 1.60. The van der Waals surface area contributed by atoms with Crippen LogP contribution in [0.5, 0.6) is 0 Å². The van der Waals surface area contributed by atoms with Crippen LogP contribution < -0.4 is 10.5 Å². The third-order valence-electron chi connectivity index (χ3n) is 7.00. The van der Waals surface area contributed by atoms with Gasteiger partial charge in [-0.25, -0.2) is 13.8 Å². The maximum absolute atomic E-state index is 13.7. The second-order valence-electron chi connectivity index (χ2n) is 9.25. The summed E-state index contributed by atoms with van der Waals surface area (Å²) in [6.07, 6.45) is 0. The van der Waals surface area contributed by atoms with E-state index in [-0.39, 0.29) is 36.0 Å². The fraction of sp³-hybridized carbons (Fsp3) is 0.214. The Labute approximate surface area is 226 Å². The third-order valence-corrected chi connectivity index (χ3v) is 7.34. The maximum atomic E-state index is 13.7. The molecule has 0 saturated carbocycles. The summed E-state index contributed by atoms with van der Waals surface area (Å²) in [5.41, 5.74) is 1.95. The summed E-state index contributed by atoms with van der Waals surface area (Å²) >= 11 is 6.52. The molecule has 1 N–H and O–H groups in total. The molecule has 0 bridgehead atoms. The van der Waals surface area contributed by atoms with Crippen molar-refractivity contribution in [2.24, 2.45) is 7.05 Å². The van der Waals surface area contributed by atoms with Crippen molar-refractivity contribution in [1.29, 1.82) is 5.26 Å². The lowest BCUT2D eigenvalue weighted by atomic mass is 9.94. The normalized spacial score (nSPS) is 16.0. The topological polar surface area (TPSA) is 102 Å². The van der Waals surface area contributed by atoms with Crippen molar-refractivity contribution in [3.63, 3.8) is 0 Å². The quantitative estimate of drug-likeness (QED) is 0.400. The van der Waals surface area contributed by atoms with Gasteiger partial charge in [-0.2, -0.15) is 5.26 Å². The van der Waals surface area contributed by atoms with E-state index in [4.69, 9.17) is 11.6 Å². The molecule has 1 aliphatic rings. The number of carbonyl (C=O) groups is 1. The molecule has 3 heterocycles. The van der Waals surface area contributed by atoms with Crippen LogP contribution in [-0.4, -0.2) is 51.2 Å². The first-order valence-corrected chi connectivity index (χ1v) is 12.4. The van der Waals surface area contributed by atoms with Crippen molar-refractivity contribution in [2.75, 3.05) is 24.5 Å². The van der Waals surface area contributed by atoms with E-state index < -0.39 is 35.2 Å². The second kappa shape index (κ2) is 10.4. The van der Waals surface area contributed by atoms with Crippen LogP contribution in [0.1, 0.15) is 22.9 Å². The molecule has 39 heavy (non-hydrogen) atoms. The van der Waals surface area contributed by atoms with Gasteiger partial charge >= 0.3 is 5.97 Å². The minimum Gasteiger partial charge on any atom is -0.480 e. The van der Waals surface area contributed by atoms with E-state index in [1.54, 1.807) is 47.2 Å². The molecule has 11 heteroatoms. The van der Waals surface area contributed by atoms with Crippen molar-refractivity contribution < 1.29 is 18.7 Å². The number of benzene rings is 2. The smallest absolute Gasteiger partial charge is 0.322 e. The van der Waals surface area contributed by atoms with Crippen LogP contribution in [0.2, 0.25) is 5.02 Å². The molecule has 2 aromatic carbocycles. The minimum atomic E-state index is -1.12. The number of anilines is 1. The predicted octanol–water partition coefficient (Wildman–Crippen LogP) is 4.10. The fourth-order valence-corrected chi connectivity index (χ4v) is 5.44. The van der Waals surface area contributed by atoms with E-state index in [0.717, 1.165) is 0 Å². The van der Waals surface area contributed by atoms with Crippen LogP contribution in [0.4, 0.5) is 14.5 Å². The second-order valence-corrected chi connectivity index (χ2v) is 9.62. The van der Waals surface area contributed by atoms with Crippen LogP contribution >= 0.6 is 11.6 Å². The molecule has 1 unspecified atom stereocenters. The largest absolute Gasteiger partial charge is 0.480 e. The number of aromatic nitrogens is 2. The van der Waals surface area contributed by atoms with E-state index in [2.05, 4.69) is 4.98 Å². The lowest BCUT2D eigenvalue weighted by molar-refractivity contribution is -0.144. The SMILES string of the molecule is Cn1c(=O)c(Cl)c(N2CCN(C(c3ccc(F)cc3)c3ccc(F)cc3)C(C(=O)O)C2)c2nc(C#N)ccc21. The highest BCUT2D eigenvalue weighted by molar-refractivity contribution is 6.34. The Morgan fingerprint density at radius 3 is 2.18 bits per heavy atom. The lowest BCUT2D eigenvalue weighted by Crippen LogP contribution is -2.57. The van der Waals surface area contributed by atoms with Gasteiger partial charge in [0.15, 0.2) is 0 Å². The molecular formula is C28H22ClF2N5O3. The number of piperazine rings is 1. The zero-order chi connectivity index (χ0) is 27.8. The van der Waals surface area contributed by atoms with Gasteiger partial charge in [0, 0.05) is 26.7 Å². The van der Waals surface area contributed by atoms with Gasteiger partial charge in [-0.05, 0) is 47.5 Å². The molecular weight excluding hydrogens is 528 g/mol. The van der Waals surface area contributed by atoms with Crippen LogP contribution in [0.25, 0.3) is 11.0 Å². The van der Waals surface area contributed by atoms with Gasteiger partial charge < -0.3 is 14.6 Å². The summed E-state index contributed by atoms with van der Waals surface area (Å²) < 4.78 is 28.8. The van der Waals surface area contributed by atoms with Crippen molar-refractivity contribution in [1.82, 2.24) is 14.5 Å². The van der Waals surface area contributed by atoms with Crippen molar-refractivity contribution in [2.45, 2.75) is 12.1 Å². The zero-order valence-electron chi connectivity index (χ0n) is 20.7. The Morgan fingerprint density at radius 2 is 1.64 bits per heavy atom. The Bertz CT molecular complexity index is 1620. The number of rotatable bonds is 5. The lowest BCUT2D eigenvalue weighted by Gasteiger charge is -2.44. The number of nitrogens with zero attached hydrogens (tertiary/aromatic N) is 5. The van der Waals surface area contributed by atoms with Crippen molar-refractivity contribution >= 4 is 34.3 Å². The molecule has 8 nitrogen and oxygen atoms in total. The van der Waals surface area contributed by atoms with Crippen LogP contribution in [0, 0.1) is 23.0 Å². The average Bonchev–Trinajstić information content (AvgIpc) is 2.94. The molecule has 0 amide bonds. The van der Waals surface area contributed by atoms with Crippen molar-refractivity contribution in [3.8, 4) is 6.07 Å². The minimum absolute atomic E-state index is 0.0608. The summed E-state index contributed by atoms with van der Waals surface area (Å²) in [7, 11) is 1.54. The predicted molar refractivity (Wildman–Crippen MR) is 142 cm³/mol. The first kappa shape index (κ1) is 26.3. The van der Waals surface area contributed by atoms with Crippen LogP contribution in [-0.2, 0) is 11.8 Å². The highest BCUT2D eigenvalue weighted by Crippen LogP contribution is 2.36. The number of aliphatic carboxylic acids is 1. The highest BCUT2D eigenvalue weighted by atomic mass is 35.5. The van der Waals surface area contributed by atoms with E-state index in [0.29, 0.717) is 22.2 Å². The maximum Gasteiger partial charge on any atom is 0.322 e. The third kappa shape index (κ3) is 4.82. The average molecular weight is 550 g/mol. The Hall–Kier alpha value is -4.33. The van der Waals surface area contributed by atoms with Gasteiger partial charge in [0.1, 0.15) is 40.0 Å². The zero-order valence-corrected chi connectivity index (χ0v) is 21.4.